The molecule has 0 aliphatic carbocycles. The molecule has 18 heavy (non-hydrogen) atoms. The van der Waals surface area contributed by atoms with Crippen molar-refractivity contribution >= 4 is 23.2 Å². The number of halogens is 2. The molecule has 2 rings (SSSR count). The molecule has 0 spiro atoms. The second-order valence-electron chi connectivity index (χ2n) is 4.66. The Morgan fingerprint density at radius 2 is 2.06 bits per heavy atom. The molecule has 1 aromatic rings. The van der Waals surface area contributed by atoms with Crippen LogP contribution in [0.4, 0.5) is 0 Å². The van der Waals surface area contributed by atoms with E-state index in [1.54, 1.807) is 6.07 Å². The Morgan fingerprint density at radius 1 is 1.33 bits per heavy atom. The molecular weight excluding hydrogens is 271 g/mol. The van der Waals surface area contributed by atoms with Crippen molar-refractivity contribution in [3.05, 3.63) is 33.8 Å². The number of rotatable bonds is 4. The van der Waals surface area contributed by atoms with Crippen molar-refractivity contribution in [2.24, 2.45) is 11.8 Å². The van der Waals surface area contributed by atoms with E-state index in [0.717, 1.165) is 43.1 Å². The van der Waals surface area contributed by atoms with Gasteiger partial charge in [0, 0.05) is 29.3 Å². The SMILES string of the molecule is NNC(Cc1cc(Cl)ccc1Cl)C1CCOCC1. The topological polar surface area (TPSA) is 47.3 Å². The van der Waals surface area contributed by atoms with Crippen molar-refractivity contribution in [2.75, 3.05) is 13.2 Å². The lowest BCUT2D eigenvalue weighted by Gasteiger charge is -2.30. The highest BCUT2D eigenvalue weighted by Gasteiger charge is 2.24. The molecule has 0 bridgehead atoms. The van der Waals surface area contributed by atoms with E-state index >= 15 is 0 Å². The number of hydrogen-bond acceptors (Lipinski definition) is 3. The van der Waals surface area contributed by atoms with E-state index in [-0.39, 0.29) is 6.04 Å². The highest BCUT2D eigenvalue weighted by atomic mass is 35.5. The zero-order valence-electron chi connectivity index (χ0n) is 10.2. The summed E-state index contributed by atoms with van der Waals surface area (Å²) in [5.41, 5.74) is 3.95. The smallest absolute Gasteiger partial charge is 0.0469 e. The predicted molar refractivity (Wildman–Crippen MR) is 74.8 cm³/mol. The maximum Gasteiger partial charge on any atom is 0.0469 e. The molecule has 3 nitrogen and oxygen atoms in total. The van der Waals surface area contributed by atoms with Gasteiger partial charge in [-0.15, -0.1) is 0 Å². The fraction of sp³-hybridized carbons (Fsp3) is 0.538. The molecule has 1 fully saturated rings. The first-order valence-electron chi connectivity index (χ1n) is 6.18. The lowest BCUT2D eigenvalue weighted by Crippen LogP contribution is -2.44. The van der Waals surface area contributed by atoms with Gasteiger partial charge in [0.1, 0.15) is 0 Å². The third kappa shape index (κ3) is 3.59. The Kier molecular flexibility index (Phi) is 5.27. The Bertz CT molecular complexity index is 395. The molecule has 1 heterocycles. The van der Waals surface area contributed by atoms with Crippen LogP contribution >= 0.6 is 23.2 Å². The summed E-state index contributed by atoms with van der Waals surface area (Å²) in [6.45, 7) is 1.62. The summed E-state index contributed by atoms with van der Waals surface area (Å²) in [6.07, 6.45) is 2.86. The average molecular weight is 289 g/mol. The van der Waals surface area contributed by atoms with Gasteiger partial charge < -0.3 is 4.74 Å². The fourth-order valence-corrected chi connectivity index (χ4v) is 2.81. The standard InChI is InChI=1S/C13H18Cl2N2O/c14-11-1-2-12(15)10(7-11)8-13(17-16)9-3-5-18-6-4-9/h1-2,7,9,13,17H,3-6,8,16H2. The summed E-state index contributed by atoms with van der Waals surface area (Å²) >= 11 is 12.2. The van der Waals surface area contributed by atoms with E-state index in [4.69, 9.17) is 33.8 Å². The van der Waals surface area contributed by atoms with Crippen LogP contribution in [0.15, 0.2) is 18.2 Å². The number of hydrazine groups is 1. The first kappa shape index (κ1) is 14.1. The van der Waals surface area contributed by atoms with Crippen LogP contribution in [0.5, 0.6) is 0 Å². The molecule has 0 amide bonds. The molecular formula is C13H18Cl2N2O. The largest absolute Gasteiger partial charge is 0.381 e. The van der Waals surface area contributed by atoms with E-state index in [0.29, 0.717) is 10.9 Å². The van der Waals surface area contributed by atoms with Crippen molar-refractivity contribution in [1.29, 1.82) is 0 Å². The van der Waals surface area contributed by atoms with Crippen molar-refractivity contribution in [3.63, 3.8) is 0 Å². The molecule has 1 aliphatic rings. The van der Waals surface area contributed by atoms with E-state index in [1.807, 2.05) is 12.1 Å². The van der Waals surface area contributed by atoms with Crippen molar-refractivity contribution in [1.82, 2.24) is 5.43 Å². The van der Waals surface area contributed by atoms with E-state index in [9.17, 15) is 0 Å². The molecule has 5 heteroatoms. The zero-order valence-corrected chi connectivity index (χ0v) is 11.7. The summed E-state index contributed by atoms with van der Waals surface area (Å²) in [4.78, 5) is 0. The Hall–Kier alpha value is -0.320. The molecule has 1 aliphatic heterocycles. The van der Waals surface area contributed by atoms with Crippen LogP contribution in [-0.4, -0.2) is 19.3 Å². The van der Waals surface area contributed by atoms with Gasteiger partial charge in [0.15, 0.2) is 0 Å². The normalized spacial score (nSPS) is 18.8. The highest BCUT2D eigenvalue weighted by molar-refractivity contribution is 6.33. The summed E-state index contributed by atoms with van der Waals surface area (Å²) in [7, 11) is 0. The molecule has 3 N–H and O–H groups in total. The van der Waals surface area contributed by atoms with Gasteiger partial charge in [-0.1, -0.05) is 23.2 Å². The zero-order chi connectivity index (χ0) is 13.0. The molecule has 0 saturated carbocycles. The van der Waals surface area contributed by atoms with E-state index in [1.165, 1.54) is 0 Å². The minimum Gasteiger partial charge on any atom is -0.381 e. The third-order valence-electron chi connectivity index (χ3n) is 3.50. The summed E-state index contributed by atoms with van der Waals surface area (Å²) in [5, 5.41) is 1.45. The van der Waals surface area contributed by atoms with Gasteiger partial charge >= 0.3 is 0 Å². The third-order valence-corrected chi connectivity index (χ3v) is 4.10. The van der Waals surface area contributed by atoms with Gasteiger partial charge in [0.25, 0.3) is 0 Å². The number of nitrogens with two attached hydrogens (primary N) is 1. The summed E-state index contributed by atoms with van der Waals surface area (Å²) in [5.74, 6) is 6.20. The minimum atomic E-state index is 0.213. The summed E-state index contributed by atoms with van der Waals surface area (Å²) in [6, 6.07) is 5.75. The van der Waals surface area contributed by atoms with Gasteiger partial charge in [0.2, 0.25) is 0 Å². The monoisotopic (exact) mass is 288 g/mol. The average Bonchev–Trinajstić information content (AvgIpc) is 2.41. The maximum atomic E-state index is 6.18. The lowest BCUT2D eigenvalue weighted by atomic mass is 9.88. The Balaban J connectivity index is 2.06. The number of hydrogen-bond donors (Lipinski definition) is 2. The van der Waals surface area contributed by atoms with E-state index in [2.05, 4.69) is 5.43 Å². The van der Waals surface area contributed by atoms with Crippen molar-refractivity contribution in [3.8, 4) is 0 Å². The van der Waals surface area contributed by atoms with Gasteiger partial charge in [-0.05, 0) is 48.9 Å². The number of benzene rings is 1. The fourth-order valence-electron chi connectivity index (χ4n) is 2.42. The van der Waals surface area contributed by atoms with Crippen LogP contribution in [0.3, 0.4) is 0 Å². The molecule has 1 aromatic carbocycles. The highest BCUT2D eigenvalue weighted by Crippen LogP contribution is 2.26. The predicted octanol–water partition coefficient (Wildman–Crippen LogP) is 2.79. The van der Waals surface area contributed by atoms with Crippen molar-refractivity contribution in [2.45, 2.75) is 25.3 Å². The van der Waals surface area contributed by atoms with Crippen LogP contribution in [0.1, 0.15) is 18.4 Å². The van der Waals surface area contributed by atoms with Crippen LogP contribution in [0.2, 0.25) is 10.0 Å². The molecule has 0 radical (unpaired) electrons. The molecule has 1 unspecified atom stereocenters. The van der Waals surface area contributed by atoms with Crippen LogP contribution in [0.25, 0.3) is 0 Å². The van der Waals surface area contributed by atoms with Gasteiger partial charge in [-0.2, -0.15) is 0 Å². The Morgan fingerprint density at radius 3 is 2.72 bits per heavy atom. The maximum absolute atomic E-state index is 6.18. The minimum absolute atomic E-state index is 0.213. The second-order valence-corrected chi connectivity index (χ2v) is 5.51. The van der Waals surface area contributed by atoms with Crippen LogP contribution in [0, 0.1) is 5.92 Å². The first-order valence-corrected chi connectivity index (χ1v) is 6.94. The first-order chi connectivity index (χ1) is 8.70. The summed E-state index contributed by atoms with van der Waals surface area (Å²) < 4.78 is 5.37. The molecule has 100 valence electrons. The van der Waals surface area contributed by atoms with Gasteiger partial charge in [-0.25, -0.2) is 0 Å². The van der Waals surface area contributed by atoms with Crippen LogP contribution < -0.4 is 11.3 Å². The number of nitrogens with one attached hydrogen (secondary N) is 1. The molecule has 1 saturated heterocycles. The van der Waals surface area contributed by atoms with Crippen LogP contribution in [-0.2, 0) is 11.2 Å². The molecule has 1 atom stereocenters. The molecule has 0 aromatic heterocycles. The number of ether oxygens (including phenoxy) is 1. The lowest BCUT2D eigenvalue weighted by molar-refractivity contribution is 0.0538. The van der Waals surface area contributed by atoms with Crippen molar-refractivity contribution < 1.29 is 4.74 Å². The van der Waals surface area contributed by atoms with E-state index < -0.39 is 0 Å². The van der Waals surface area contributed by atoms with Gasteiger partial charge in [0.05, 0.1) is 0 Å². The van der Waals surface area contributed by atoms with Gasteiger partial charge in [-0.3, -0.25) is 11.3 Å². The second kappa shape index (κ2) is 6.73. The quantitative estimate of drug-likeness (QED) is 0.662. The Labute approximate surface area is 118 Å².